The summed E-state index contributed by atoms with van der Waals surface area (Å²) < 4.78 is 15.7. The van der Waals surface area contributed by atoms with Crippen LogP contribution in [0.2, 0.25) is 0 Å². The summed E-state index contributed by atoms with van der Waals surface area (Å²) in [7, 11) is 2.86. The van der Waals surface area contributed by atoms with Gasteiger partial charge in [-0.05, 0) is 46.3 Å². The quantitative estimate of drug-likeness (QED) is 0.530. The van der Waals surface area contributed by atoms with Crippen LogP contribution < -0.4 is 20.3 Å². The molecule has 0 aliphatic heterocycles. The molecule has 0 aliphatic carbocycles. The van der Waals surface area contributed by atoms with Crippen LogP contribution in [-0.2, 0) is 9.53 Å². The van der Waals surface area contributed by atoms with Gasteiger partial charge in [-0.25, -0.2) is 4.79 Å². The van der Waals surface area contributed by atoms with Crippen molar-refractivity contribution in [3.63, 3.8) is 0 Å². The number of rotatable bonds is 6. The number of hydrazine groups is 1. The predicted octanol–water partition coefficient (Wildman–Crippen LogP) is 2.08. The van der Waals surface area contributed by atoms with E-state index in [1.165, 1.54) is 20.3 Å². The molecule has 0 spiro atoms. The van der Waals surface area contributed by atoms with Crippen LogP contribution in [0.25, 0.3) is 0 Å². The van der Waals surface area contributed by atoms with Crippen molar-refractivity contribution in [1.29, 1.82) is 0 Å². The molecule has 0 fully saturated rings. The molecule has 0 aromatic heterocycles. The molecule has 2 amide bonds. The van der Waals surface area contributed by atoms with Gasteiger partial charge in [0.25, 0.3) is 11.8 Å². The molecular formula is C18H17BrN2O6. The van der Waals surface area contributed by atoms with Gasteiger partial charge in [-0.1, -0.05) is 12.1 Å². The van der Waals surface area contributed by atoms with Gasteiger partial charge in [-0.15, -0.1) is 0 Å². The van der Waals surface area contributed by atoms with Gasteiger partial charge in [-0.3, -0.25) is 20.4 Å². The summed E-state index contributed by atoms with van der Waals surface area (Å²) >= 11 is 3.24. The Morgan fingerprint density at radius 2 is 1.70 bits per heavy atom. The lowest BCUT2D eigenvalue weighted by Crippen LogP contribution is -2.43. The average Bonchev–Trinajstić information content (AvgIpc) is 2.69. The molecular weight excluding hydrogens is 420 g/mol. The highest BCUT2D eigenvalue weighted by Gasteiger charge is 2.17. The van der Waals surface area contributed by atoms with Gasteiger partial charge in [0.2, 0.25) is 0 Å². The van der Waals surface area contributed by atoms with E-state index in [9.17, 15) is 14.4 Å². The van der Waals surface area contributed by atoms with E-state index >= 15 is 0 Å². The molecule has 0 heterocycles. The largest absolute Gasteiger partial charge is 0.497 e. The van der Waals surface area contributed by atoms with Crippen molar-refractivity contribution < 1.29 is 28.6 Å². The predicted molar refractivity (Wildman–Crippen MR) is 99.6 cm³/mol. The first-order valence-electron chi connectivity index (χ1n) is 7.69. The third-order valence-corrected chi connectivity index (χ3v) is 4.09. The SMILES string of the molecule is COc1ccc(OC)c(C(=O)OCC(=O)NNC(=O)c2ccccc2Br)c1. The van der Waals surface area contributed by atoms with Gasteiger partial charge < -0.3 is 14.2 Å². The number of esters is 1. The van der Waals surface area contributed by atoms with Crippen LogP contribution in [0.4, 0.5) is 0 Å². The minimum atomic E-state index is -0.766. The summed E-state index contributed by atoms with van der Waals surface area (Å²) in [6, 6.07) is 11.3. The second-order valence-electron chi connectivity index (χ2n) is 5.12. The van der Waals surface area contributed by atoms with Crippen molar-refractivity contribution >= 4 is 33.7 Å². The van der Waals surface area contributed by atoms with Crippen molar-refractivity contribution in [2.75, 3.05) is 20.8 Å². The minimum Gasteiger partial charge on any atom is -0.497 e. The summed E-state index contributed by atoms with van der Waals surface area (Å²) in [4.78, 5) is 36.0. The number of carbonyl (C=O) groups excluding carboxylic acids is 3. The number of nitrogens with one attached hydrogen (secondary N) is 2. The maximum atomic E-state index is 12.2. The standard InChI is InChI=1S/C18H17BrN2O6/c1-25-11-7-8-15(26-2)13(9-11)18(24)27-10-16(22)20-21-17(23)12-5-3-4-6-14(12)19/h3-9H,10H2,1-2H3,(H,20,22)(H,21,23). The van der Waals surface area contributed by atoms with Crippen molar-refractivity contribution in [3.8, 4) is 11.5 Å². The van der Waals surface area contributed by atoms with Crippen LogP contribution in [0.1, 0.15) is 20.7 Å². The Kier molecular flexibility index (Phi) is 7.18. The van der Waals surface area contributed by atoms with E-state index in [1.807, 2.05) is 0 Å². The van der Waals surface area contributed by atoms with Gasteiger partial charge in [0, 0.05) is 4.47 Å². The lowest BCUT2D eigenvalue weighted by Gasteiger charge is -2.11. The second kappa shape index (κ2) is 9.58. The van der Waals surface area contributed by atoms with Crippen molar-refractivity contribution in [1.82, 2.24) is 10.9 Å². The van der Waals surface area contributed by atoms with Crippen molar-refractivity contribution in [2.24, 2.45) is 0 Å². The molecule has 0 unspecified atom stereocenters. The molecule has 9 heteroatoms. The van der Waals surface area contributed by atoms with Crippen LogP contribution in [-0.4, -0.2) is 38.6 Å². The molecule has 27 heavy (non-hydrogen) atoms. The van der Waals surface area contributed by atoms with Crippen LogP contribution >= 0.6 is 15.9 Å². The smallest absolute Gasteiger partial charge is 0.342 e. The van der Waals surface area contributed by atoms with Crippen LogP contribution in [0.5, 0.6) is 11.5 Å². The topological polar surface area (TPSA) is 103 Å². The van der Waals surface area contributed by atoms with E-state index in [2.05, 4.69) is 26.8 Å². The number of benzene rings is 2. The van der Waals surface area contributed by atoms with Gasteiger partial charge in [0.05, 0.1) is 19.8 Å². The summed E-state index contributed by atoms with van der Waals surface area (Å²) in [5, 5.41) is 0. The number of carbonyl (C=O) groups is 3. The summed E-state index contributed by atoms with van der Waals surface area (Å²) in [6.45, 7) is -0.588. The van der Waals surface area contributed by atoms with E-state index in [1.54, 1.807) is 36.4 Å². The number of halogens is 1. The highest BCUT2D eigenvalue weighted by atomic mass is 79.9. The molecule has 142 valence electrons. The first kappa shape index (κ1) is 20.2. The van der Waals surface area contributed by atoms with Crippen LogP contribution in [0.15, 0.2) is 46.9 Å². The first-order chi connectivity index (χ1) is 13.0. The molecule has 0 saturated carbocycles. The van der Waals surface area contributed by atoms with E-state index in [0.29, 0.717) is 15.8 Å². The third-order valence-electron chi connectivity index (χ3n) is 3.39. The number of methoxy groups -OCH3 is 2. The molecule has 8 nitrogen and oxygen atoms in total. The van der Waals surface area contributed by atoms with Crippen molar-refractivity contribution in [2.45, 2.75) is 0 Å². The molecule has 2 N–H and O–H groups in total. The lowest BCUT2D eigenvalue weighted by atomic mass is 10.2. The Labute approximate surface area is 163 Å². The fourth-order valence-corrected chi connectivity index (χ4v) is 2.52. The Bertz CT molecular complexity index is 855. The fourth-order valence-electron chi connectivity index (χ4n) is 2.06. The molecule has 2 aromatic rings. The maximum Gasteiger partial charge on any atom is 0.342 e. The van der Waals surface area contributed by atoms with Crippen molar-refractivity contribution in [3.05, 3.63) is 58.1 Å². The Morgan fingerprint density at radius 1 is 0.963 bits per heavy atom. The van der Waals surface area contributed by atoms with Crippen LogP contribution in [0, 0.1) is 0 Å². The summed E-state index contributed by atoms with van der Waals surface area (Å²) in [5.41, 5.74) is 4.87. The lowest BCUT2D eigenvalue weighted by molar-refractivity contribution is -0.125. The maximum absolute atomic E-state index is 12.2. The van der Waals surface area contributed by atoms with E-state index in [-0.39, 0.29) is 11.3 Å². The van der Waals surface area contributed by atoms with E-state index < -0.39 is 24.4 Å². The normalized spacial score (nSPS) is 9.89. The van der Waals surface area contributed by atoms with Gasteiger partial charge in [0.15, 0.2) is 6.61 Å². The summed E-state index contributed by atoms with van der Waals surface area (Å²) in [5.74, 6) is -1.27. The zero-order valence-corrected chi connectivity index (χ0v) is 16.2. The average molecular weight is 437 g/mol. The zero-order valence-electron chi connectivity index (χ0n) is 14.6. The molecule has 0 saturated heterocycles. The van der Waals surface area contributed by atoms with Gasteiger partial charge in [-0.2, -0.15) is 0 Å². The third kappa shape index (κ3) is 5.45. The molecule has 2 aromatic carbocycles. The molecule has 0 atom stereocenters. The summed E-state index contributed by atoms with van der Waals surface area (Å²) in [6.07, 6.45) is 0. The van der Waals surface area contributed by atoms with Gasteiger partial charge >= 0.3 is 5.97 Å². The number of hydrogen-bond donors (Lipinski definition) is 2. The molecule has 2 rings (SSSR count). The van der Waals surface area contributed by atoms with Crippen LogP contribution in [0.3, 0.4) is 0 Å². The Hall–Kier alpha value is -3.07. The molecule has 0 radical (unpaired) electrons. The van der Waals surface area contributed by atoms with Gasteiger partial charge in [0.1, 0.15) is 17.1 Å². The second-order valence-corrected chi connectivity index (χ2v) is 5.98. The minimum absolute atomic E-state index is 0.113. The highest BCUT2D eigenvalue weighted by molar-refractivity contribution is 9.10. The fraction of sp³-hybridized carbons (Fsp3) is 0.167. The van der Waals surface area contributed by atoms with E-state index in [4.69, 9.17) is 14.2 Å². The Balaban J connectivity index is 1.89. The number of hydrogen-bond acceptors (Lipinski definition) is 6. The first-order valence-corrected chi connectivity index (χ1v) is 8.48. The Morgan fingerprint density at radius 3 is 2.37 bits per heavy atom. The zero-order chi connectivity index (χ0) is 19.8. The number of amides is 2. The highest BCUT2D eigenvalue weighted by Crippen LogP contribution is 2.24. The number of ether oxygens (including phenoxy) is 3. The monoisotopic (exact) mass is 436 g/mol. The molecule has 0 aliphatic rings. The molecule has 0 bridgehead atoms. The van der Waals surface area contributed by atoms with E-state index in [0.717, 1.165) is 0 Å².